The molecule has 0 saturated heterocycles. The molecule has 0 spiro atoms. The largest absolute Gasteiger partial charge is 0.507 e. The molecule has 1 atom stereocenters. The summed E-state index contributed by atoms with van der Waals surface area (Å²) in [5.41, 5.74) is 0. The van der Waals surface area contributed by atoms with Gasteiger partial charge in [0.25, 0.3) is 0 Å². The lowest BCUT2D eigenvalue weighted by atomic mass is 10.4. The van der Waals surface area contributed by atoms with Crippen molar-refractivity contribution in [3.8, 4) is 0 Å². The molecule has 1 rings (SSSR count). The van der Waals surface area contributed by atoms with E-state index in [1.807, 2.05) is 0 Å². The molecule has 1 unspecified atom stereocenters. The van der Waals surface area contributed by atoms with Crippen LogP contribution in [0, 0.1) is 5.82 Å². The Morgan fingerprint density at radius 3 is 2.24 bits per heavy atom. The zero-order valence-corrected chi connectivity index (χ0v) is 11.0. The van der Waals surface area contributed by atoms with E-state index in [0.717, 1.165) is 24.3 Å². The first-order valence-corrected chi connectivity index (χ1v) is 6.72. The second kappa shape index (κ2) is 6.85. The molecule has 0 saturated carbocycles. The van der Waals surface area contributed by atoms with Crippen molar-refractivity contribution in [2.45, 2.75) is 11.1 Å². The highest BCUT2D eigenvalue weighted by Gasteiger charge is 2.24. The summed E-state index contributed by atoms with van der Waals surface area (Å²) in [5.74, 6) is -0.665. The highest BCUT2D eigenvalue weighted by Crippen LogP contribution is 2.10. The van der Waals surface area contributed by atoms with Gasteiger partial charge < -0.3 is 19.7 Å². The molecule has 3 N–H and O–H groups in total. The third-order valence-corrected chi connectivity index (χ3v) is 3.48. The lowest BCUT2D eigenvalue weighted by Gasteiger charge is -2.16. The normalized spacial score (nSPS) is 12.4. The van der Waals surface area contributed by atoms with Gasteiger partial charge in [0.1, 0.15) is 12.4 Å². The van der Waals surface area contributed by atoms with Gasteiger partial charge in [-0.1, -0.05) is 0 Å². The van der Waals surface area contributed by atoms with E-state index in [9.17, 15) is 22.4 Å². The Labute approximate surface area is 118 Å². The van der Waals surface area contributed by atoms with Crippen LogP contribution in [0.1, 0.15) is 0 Å². The van der Waals surface area contributed by atoms with E-state index < -0.39 is 41.0 Å². The third kappa shape index (κ3) is 5.62. The van der Waals surface area contributed by atoms with E-state index in [4.69, 9.17) is 10.2 Å². The van der Waals surface area contributed by atoms with Gasteiger partial charge in [0.15, 0.2) is 0 Å². The highest BCUT2D eigenvalue weighted by molar-refractivity contribution is 7.89. The Hall–Kier alpha value is -2.40. The Bertz CT molecular complexity index is 614. The van der Waals surface area contributed by atoms with E-state index >= 15 is 0 Å². The number of ether oxygens (including phenoxy) is 2. The van der Waals surface area contributed by atoms with Crippen molar-refractivity contribution in [3.05, 3.63) is 30.1 Å². The molecule has 0 fully saturated rings. The first kappa shape index (κ1) is 16.7. The van der Waals surface area contributed by atoms with E-state index in [-0.39, 0.29) is 4.90 Å². The van der Waals surface area contributed by atoms with Crippen LogP contribution in [0.3, 0.4) is 0 Å². The molecular formula is C10H10FNO8S. The maximum absolute atomic E-state index is 12.7. The van der Waals surface area contributed by atoms with Crippen molar-refractivity contribution < 1.29 is 42.1 Å². The molecule has 1 aromatic rings. The fourth-order valence-corrected chi connectivity index (χ4v) is 2.31. The van der Waals surface area contributed by atoms with E-state index in [1.165, 1.54) is 0 Å². The van der Waals surface area contributed by atoms with Crippen LogP contribution in [0.4, 0.5) is 14.0 Å². The molecule has 0 aromatic heterocycles. The Morgan fingerprint density at radius 2 is 1.76 bits per heavy atom. The second-order valence-electron chi connectivity index (χ2n) is 3.52. The number of rotatable bonds is 6. The van der Waals surface area contributed by atoms with Gasteiger partial charge in [0.05, 0.1) is 4.90 Å². The lowest BCUT2D eigenvalue weighted by Crippen LogP contribution is -2.41. The molecular weight excluding hydrogens is 313 g/mol. The van der Waals surface area contributed by atoms with Gasteiger partial charge in [-0.2, -0.15) is 4.72 Å². The monoisotopic (exact) mass is 323 g/mol. The maximum Gasteiger partial charge on any atom is 0.507 e. The highest BCUT2D eigenvalue weighted by atomic mass is 32.2. The summed E-state index contributed by atoms with van der Waals surface area (Å²) in [6, 6.07) is 3.64. The minimum atomic E-state index is -4.25. The molecule has 11 heteroatoms. The van der Waals surface area contributed by atoms with Crippen molar-refractivity contribution in [1.29, 1.82) is 0 Å². The average molecular weight is 323 g/mol. The molecule has 0 amide bonds. The van der Waals surface area contributed by atoms with Gasteiger partial charge in [0, 0.05) is 0 Å². The summed E-state index contributed by atoms with van der Waals surface area (Å²) in [4.78, 5) is 20.3. The number of hydrogen-bond acceptors (Lipinski definition) is 6. The van der Waals surface area contributed by atoms with Gasteiger partial charge in [-0.05, 0) is 24.3 Å². The van der Waals surface area contributed by atoms with Crippen LogP contribution >= 0.6 is 0 Å². The number of benzene rings is 1. The minimum absolute atomic E-state index is 0.363. The molecule has 21 heavy (non-hydrogen) atoms. The van der Waals surface area contributed by atoms with E-state index in [0.29, 0.717) is 0 Å². The summed E-state index contributed by atoms with van der Waals surface area (Å²) in [6.45, 7) is -0.887. The minimum Gasteiger partial charge on any atom is -0.450 e. The number of nitrogens with one attached hydrogen (secondary N) is 1. The maximum atomic E-state index is 12.7. The van der Waals surface area contributed by atoms with Crippen molar-refractivity contribution in [2.75, 3.05) is 6.61 Å². The van der Waals surface area contributed by atoms with Gasteiger partial charge in [-0.3, -0.25) is 0 Å². The van der Waals surface area contributed by atoms with Gasteiger partial charge >= 0.3 is 12.3 Å². The smallest absolute Gasteiger partial charge is 0.450 e. The van der Waals surface area contributed by atoms with Crippen LogP contribution < -0.4 is 4.72 Å². The van der Waals surface area contributed by atoms with Crippen LogP contribution in [-0.4, -0.2) is 43.8 Å². The Kier molecular flexibility index (Phi) is 5.44. The SMILES string of the molecule is O=C(O)OCC(NS(=O)(=O)c1ccc(F)cc1)OC(=O)O. The number of sulfonamides is 1. The van der Waals surface area contributed by atoms with Gasteiger partial charge in [-0.15, -0.1) is 0 Å². The molecule has 0 aliphatic rings. The lowest BCUT2D eigenvalue weighted by molar-refractivity contribution is 0.000805. The number of halogens is 1. The number of hydrogen-bond donors (Lipinski definition) is 3. The Balaban J connectivity index is 2.86. The van der Waals surface area contributed by atoms with Crippen molar-refractivity contribution in [2.24, 2.45) is 0 Å². The summed E-state index contributed by atoms with van der Waals surface area (Å²) in [5, 5.41) is 16.7. The summed E-state index contributed by atoms with van der Waals surface area (Å²) in [6.07, 6.45) is -5.36. The van der Waals surface area contributed by atoms with Crippen molar-refractivity contribution >= 4 is 22.3 Å². The zero-order chi connectivity index (χ0) is 16.0. The van der Waals surface area contributed by atoms with Crippen LogP contribution in [-0.2, 0) is 19.5 Å². The predicted molar refractivity (Wildman–Crippen MR) is 63.6 cm³/mol. The molecule has 0 heterocycles. The third-order valence-electron chi connectivity index (χ3n) is 2.01. The fraction of sp³-hybridized carbons (Fsp3) is 0.200. The fourth-order valence-electron chi connectivity index (χ4n) is 1.22. The first-order chi connectivity index (χ1) is 9.70. The summed E-state index contributed by atoms with van der Waals surface area (Å²) < 4.78 is 46.4. The summed E-state index contributed by atoms with van der Waals surface area (Å²) in [7, 11) is -4.25. The first-order valence-electron chi connectivity index (χ1n) is 5.24. The quantitative estimate of drug-likeness (QED) is 0.516. The molecule has 0 bridgehead atoms. The molecule has 0 aliphatic carbocycles. The average Bonchev–Trinajstić information content (AvgIpc) is 2.35. The summed E-state index contributed by atoms with van der Waals surface area (Å²) >= 11 is 0. The predicted octanol–water partition coefficient (Wildman–Crippen LogP) is 0.819. The van der Waals surface area contributed by atoms with Crippen LogP contribution in [0.5, 0.6) is 0 Å². The van der Waals surface area contributed by atoms with Gasteiger partial charge in [0.2, 0.25) is 16.3 Å². The van der Waals surface area contributed by atoms with E-state index in [2.05, 4.69) is 9.47 Å². The molecule has 9 nitrogen and oxygen atoms in total. The molecule has 0 aliphatic heterocycles. The molecule has 0 radical (unpaired) electrons. The van der Waals surface area contributed by atoms with Crippen LogP contribution in [0.25, 0.3) is 0 Å². The molecule has 1 aromatic carbocycles. The number of carbonyl (C=O) groups is 2. The second-order valence-corrected chi connectivity index (χ2v) is 5.24. The van der Waals surface area contributed by atoms with Crippen molar-refractivity contribution in [3.63, 3.8) is 0 Å². The van der Waals surface area contributed by atoms with Crippen LogP contribution in [0.15, 0.2) is 29.2 Å². The van der Waals surface area contributed by atoms with E-state index in [1.54, 1.807) is 4.72 Å². The zero-order valence-electron chi connectivity index (χ0n) is 10.2. The van der Waals surface area contributed by atoms with Crippen LogP contribution in [0.2, 0.25) is 0 Å². The Morgan fingerprint density at radius 1 is 1.19 bits per heavy atom. The standard InChI is InChI=1S/C10H10FNO8S/c11-6-1-3-7(4-2-6)21(17,18)12-8(20-10(15)16)5-19-9(13)14/h1-4,8,12H,5H2,(H,13,14)(H,15,16). The molecule has 116 valence electrons. The van der Waals surface area contributed by atoms with Gasteiger partial charge in [-0.25, -0.2) is 22.4 Å². The topological polar surface area (TPSA) is 139 Å². The number of carboxylic acid groups (broad SMARTS) is 2. The van der Waals surface area contributed by atoms with Crippen molar-refractivity contribution in [1.82, 2.24) is 4.72 Å².